The van der Waals surface area contributed by atoms with Crippen LogP contribution in [-0.4, -0.2) is 56.8 Å². The molecule has 1 aliphatic carbocycles. The molecule has 1 spiro atoms. The van der Waals surface area contributed by atoms with Crippen LogP contribution < -0.4 is 5.73 Å². The Morgan fingerprint density at radius 3 is 2.21 bits per heavy atom. The largest absolute Gasteiger partial charge is 0.490 e. The number of guanidine groups is 1. The number of carboxylic acids is 1. The van der Waals surface area contributed by atoms with Crippen LogP contribution in [0.5, 0.6) is 0 Å². The first-order chi connectivity index (χ1) is 15.2. The van der Waals surface area contributed by atoms with Gasteiger partial charge in [0.25, 0.3) is 5.91 Å². The van der Waals surface area contributed by atoms with Gasteiger partial charge in [-0.15, -0.1) is 0 Å². The first-order valence-corrected chi connectivity index (χ1v) is 9.59. The Balaban J connectivity index is 0.000000383. The van der Waals surface area contributed by atoms with Crippen LogP contribution in [0.25, 0.3) is 11.1 Å². The summed E-state index contributed by atoms with van der Waals surface area (Å²) in [6.07, 6.45) is 0.0345. The minimum absolute atomic E-state index is 0.00473. The number of hydrogen-bond donors (Lipinski definition) is 2. The zero-order valence-corrected chi connectivity index (χ0v) is 17.8. The number of likely N-dealkylation sites (N-methyl/N-ethyl adjacent to an activating group) is 1. The molecule has 1 atom stereocenters. The van der Waals surface area contributed by atoms with Crippen molar-refractivity contribution in [2.75, 3.05) is 7.05 Å². The molecule has 0 radical (unpaired) electrons. The number of halogens is 3. The fourth-order valence-electron chi connectivity index (χ4n) is 3.88. The average Bonchev–Trinajstić information content (AvgIpc) is 2.96. The summed E-state index contributed by atoms with van der Waals surface area (Å²) in [6.45, 7) is 3.69. The Morgan fingerprint density at radius 1 is 1.15 bits per heavy atom. The Kier molecular flexibility index (Phi) is 5.73. The molecular weight excluding hydrogens is 443 g/mol. The molecule has 1 aliphatic heterocycles. The molecule has 1 aromatic heterocycles. The predicted molar refractivity (Wildman–Crippen MR) is 110 cm³/mol. The molecule has 0 saturated carbocycles. The molecule has 0 saturated heterocycles. The van der Waals surface area contributed by atoms with Gasteiger partial charge in [0.15, 0.2) is 17.3 Å². The summed E-state index contributed by atoms with van der Waals surface area (Å²) in [6, 6.07) is 5.45. The summed E-state index contributed by atoms with van der Waals surface area (Å²) in [4.78, 5) is 48.9. The lowest BCUT2D eigenvalue weighted by atomic mass is 9.64. The van der Waals surface area contributed by atoms with Crippen molar-refractivity contribution >= 4 is 23.6 Å². The zero-order valence-electron chi connectivity index (χ0n) is 17.8. The van der Waals surface area contributed by atoms with Gasteiger partial charge in [0.2, 0.25) is 0 Å². The number of carbonyl (C=O) groups is 3. The van der Waals surface area contributed by atoms with E-state index in [9.17, 15) is 22.8 Å². The molecule has 1 unspecified atom stereocenters. The summed E-state index contributed by atoms with van der Waals surface area (Å²) < 4.78 is 31.7. The molecule has 0 bridgehead atoms. The van der Waals surface area contributed by atoms with E-state index >= 15 is 0 Å². The number of carboxylic acid groups (broad SMARTS) is 1. The number of Topliss-reactive ketones (excluding diaryl/α,β-unsaturated/α-hetero) is 1. The number of aliphatic imine (C=N–C) groups is 1. The minimum Gasteiger partial charge on any atom is -0.475 e. The summed E-state index contributed by atoms with van der Waals surface area (Å²) in [7, 11) is 1.61. The van der Waals surface area contributed by atoms with Crippen LogP contribution in [0.15, 0.2) is 41.9 Å². The summed E-state index contributed by atoms with van der Waals surface area (Å²) in [5, 5.41) is 7.12. The summed E-state index contributed by atoms with van der Waals surface area (Å²) >= 11 is 0. The number of hydrogen-bond acceptors (Lipinski definition) is 7. The molecule has 1 aromatic carbocycles. The van der Waals surface area contributed by atoms with Crippen molar-refractivity contribution in [2.45, 2.75) is 32.0 Å². The van der Waals surface area contributed by atoms with E-state index in [1.165, 1.54) is 11.2 Å². The molecule has 33 heavy (non-hydrogen) atoms. The highest BCUT2D eigenvalue weighted by Crippen LogP contribution is 2.50. The second kappa shape index (κ2) is 7.94. The highest BCUT2D eigenvalue weighted by molar-refractivity contribution is 6.12. The lowest BCUT2D eigenvalue weighted by molar-refractivity contribution is -0.192. The van der Waals surface area contributed by atoms with Gasteiger partial charge in [0.05, 0.1) is 0 Å². The summed E-state index contributed by atoms with van der Waals surface area (Å²) in [5.74, 6) is -2.80. The maximum absolute atomic E-state index is 13.1. The van der Waals surface area contributed by atoms with E-state index in [4.69, 9.17) is 15.6 Å². The Labute approximate surface area is 186 Å². The van der Waals surface area contributed by atoms with E-state index in [1.54, 1.807) is 25.5 Å². The highest BCUT2D eigenvalue weighted by Gasteiger charge is 2.57. The smallest absolute Gasteiger partial charge is 0.475 e. The molecule has 2 aromatic rings. The van der Waals surface area contributed by atoms with Crippen LogP contribution in [0.4, 0.5) is 13.2 Å². The van der Waals surface area contributed by atoms with Crippen LogP contribution in [0.1, 0.15) is 36.2 Å². The van der Waals surface area contributed by atoms with Crippen molar-refractivity contribution in [3.63, 3.8) is 0 Å². The lowest BCUT2D eigenvalue weighted by Crippen LogP contribution is -2.48. The SMILES string of the molecule is CN1C(=O)C2(CC(C)(C)C(=O)c3ccc(-c4cncnc4)cc32)N=C1N.O=C(O)C(F)(F)F. The molecular formula is C21H20F3N5O4. The number of aliphatic carboxylic acids is 1. The van der Waals surface area contributed by atoms with Crippen molar-refractivity contribution in [1.29, 1.82) is 0 Å². The second-order valence-corrected chi connectivity index (χ2v) is 8.27. The number of aromatic nitrogens is 2. The van der Waals surface area contributed by atoms with E-state index in [1.807, 2.05) is 26.0 Å². The predicted octanol–water partition coefficient (Wildman–Crippen LogP) is 2.37. The Hall–Kier alpha value is -3.83. The zero-order chi connectivity index (χ0) is 24.8. The molecule has 0 fully saturated rings. The van der Waals surface area contributed by atoms with E-state index in [-0.39, 0.29) is 24.1 Å². The van der Waals surface area contributed by atoms with Crippen LogP contribution in [0, 0.1) is 5.41 Å². The number of amides is 1. The number of fused-ring (bicyclic) bond motifs is 2. The number of rotatable bonds is 1. The molecule has 9 nitrogen and oxygen atoms in total. The van der Waals surface area contributed by atoms with Crippen molar-refractivity contribution < 1.29 is 32.7 Å². The van der Waals surface area contributed by atoms with E-state index in [2.05, 4.69) is 15.0 Å². The van der Waals surface area contributed by atoms with Gasteiger partial charge in [-0.3, -0.25) is 14.5 Å². The first kappa shape index (κ1) is 23.8. The molecule has 3 N–H and O–H groups in total. The standard InChI is InChI=1S/C19H19N5O2.C2HF3O2/c1-18(2)9-19(16(26)24(3)17(20)23-19)14-6-11(4-5-13(14)15(18)25)12-7-21-10-22-8-12;3-2(4,5)1(6)7/h4-8,10H,9H2,1-3H3,(H2,20,23);(H,6,7). The van der Waals surface area contributed by atoms with Gasteiger partial charge in [0.1, 0.15) is 6.33 Å². The number of carbonyl (C=O) groups excluding carboxylic acids is 2. The monoisotopic (exact) mass is 463 g/mol. The topological polar surface area (TPSA) is 139 Å². The van der Waals surface area contributed by atoms with Gasteiger partial charge in [-0.2, -0.15) is 13.2 Å². The minimum atomic E-state index is -5.08. The third kappa shape index (κ3) is 4.15. The third-order valence-electron chi connectivity index (χ3n) is 5.47. The third-order valence-corrected chi connectivity index (χ3v) is 5.47. The van der Waals surface area contributed by atoms with Gasteiger partial charge in [-0.1, -0.05) is 26.0 Å². The Bertz CT molecular complexity index is 1160. The Morgan fingerprint density at radius 2 is 1.73 bits per heavy atom. The molecule has 2 heterocycles. The van der Waals surface area contributed by atoms with Crippen molar-refractivity contribution in [2.24, 2.45) is 16.1 Å². The van der Waals surface area contributed by atoms with E-state index in [0.29, 0.717) is 11.1 Å². The van der Waals surface area contributed by atoms with Crippen LogP contribution in [0.3, 0.4) is 0 Å². The van der Waals surface area contributed by atoms with Crippen molar-refractivity contribution in [3.05, 3.63) is 48.0 Å². The normalized spacial score (nSPS) is 21.3. The molecule has 4 rings (SSSR count). The second-order valence-electron chi connectivity index (χ2n) is 8.27. The number of alkyl halides is 3. The number of nitrogens with two attached hydrogens (primary N) is 1. The van der Waals surface area contributed by atoms with Gasteiger partial charge < -0.3 is 10.8 Å². The fourth-order valence-corrected chi connectivity index (χ4v) is 3.88. The van der Waals surface area contributed by atoms with Gasteiger partial charge in [-0.05, 0) is 18.1 Å². The van der Waals surface area contributed by atoms with Crippen LogP contribution in [0.2, 0.25) is 0 Å². The van der Waals surface area contributed by atoms with Crippen molar-refractivity contribution in [3.8, 4) is 11.1 Å². The fraction of sp³-hybridized carbons (Fsp3) is 0.333. The van der Waals surface area contributed by atoms with Crippen LogP contribution in [-0.2, 0) is 15.1 Å². The molecule has 2 aliphatic rings. The van der Waals surface area contributed by atoms with E-state index in [0.717, 1.165) is 11.1 Å². The van der Waals surface area contributed by atoms with Gasteiger partial charge in [0, 0.05) is 41.5 Å². The number of benzene rings is 1. The lowest BCUT2D eigenvalue weighted by Gasteiger charge is -2.39. The summed E-state index contributed by atoms with van der Waals surface area (Å²) in [5.41, 5.74) is 6.82. The van der Waals surface area contributed by atoms with Crippen LogP contribution >= 0.6 is 0 Å². The highest BCUT2D eigenvalue weighted by atomic mass is 19.4. The average molecular weight is 463 g/mol. The number of ketones is 1. The molecule has 12 heteroatoms. The van der Waals surface area contributed by atoms with E-state index < -0.39 is 23.1 Å². The first-order valence-electron chi connectivity index (χ1n) is 9.59. The maximum atomic E-state index is 13.1. The van der Waals surface area contributed by atoms with Gasteiger partial charge >= 0.3 is 12.1 Å². The maximum Gasteiger partial charge on any atom is 0.490 e. The molecule has 174 valence electrons. The number of nitrogens with zero attached hydrogens (tertiary/aromatic N) is 4. The quantitative estimate of drug-likeness (QED) is 0.662. The molecule has 1 amide bonds. The van der Waals surface area contributed by atoms with Gasteiger partial charge in [-0.25, -0.2) is 19.8 Å². The van der Waals surface area contributed by atoms with Crippen molar-refractivity contribution in [1.82, 2.24) is 14.9 Å².